The Labute approximate surface area is 154 Å². The molecular formula is C19H26N6O. The van der Waals surface area contributed by atoms with Crippen molar-refractivity contribution in [3.63, 3.8) is 0 Å². The SMILES string of the molecule is CCNC(=NCc1ccnc(-n2cccn2)c1)N1CCC2(CCOC2)C1. The number of hydrogen-bond donors (Lipinski definition) is 1. The Morgan fingerprint density at radius 3 is 3.12 bits per heavy atom. The van der Waals surface area contributed by atoms with Crippen LogP contribution in [0.15, 0.2) is 41.8 Å². The molecule has 138 valence electrons. The molecule has 0 aromatic carbocycles. The summed E-state index contributed by atoms with van der Waals surface area (Å²) in [7, 11) is 0. The Morgan fingerprint density at radius 1 is 1.38 bits per heavy atom. The lowest BCUT2D eigenvalue weighted by atomic mass is 9.87. The first kappa shape index (κ1) is 17.0. The van der Waals surface area contributed by atoms with Gasteiger partial charge in [0, 0.05) is 50.2 Å². The highest BCUT2D eigenvalue weighted by Gasteiger charge is 2.42. The van der Waals surface area contributed by atoms with Crippen molar-refractivity contribution in [1.82, 2.24) is 25.0 Å². The van der Waals surface area contributed by atoms with Gasteiger partial charge in [0.05, 0.1) is 13.2 Å². The third-order valence-corrected chi connectivity index (χ3v) is 5.22. The molecule has 0 saturated carbocycles. The van der Waals surface area contributed by atoms with Gasteiger partial charge < -0.3 is 15.0 Å². The molecule has 2 aliphatic rings. The zero-order valence-corrected chi connectivity index (χ0v) is 15.3. The summed E-state index contributed by atoms with van der Waals surface area (Å²) in [6.07, 6.45) is 7.82. The van der Waals surface area contributed by atoms with Crippen molar-refractivity contribution in [2.24, 2.45) is 10.4 Å². The van der Waals surface area contributed by atoms with E-state index >= 15 is 0 Å². The van der Waals surface area contributed by atoms with E-state index in [9.17, 15) is 0 Å². The topological polar surface area (TPSA) is 67.6 Å². The minimum absolute atomic E-state index is 0.333. The molecule has 1 atom stereocenters. The van der Waals surface area contributed by atoms with Crippen LogP contribution in [-0.2, 0) is 11.3 Å². The highest BCUT2D eigenvalue weighted by molar-refractivity contribution is 5.80. The quantitative estimate of drug-likeness (QED) is 0.670. The molecule has 0 radical (unpaired) electrons. The molecule has 0 amide bonds. The van der Waals surface area contributed by atoms with E-state index in [1.54, 1.807) is 10.9 Å². The van der Waals surface area contributed by atoms with Crippen molar-refractivity contribution in [3.8, 4) is 5.82 Å². The number of nitrogens with zero attached hydrogens (tertiary/aromatic N) is 5. The van der Waals surface area contributed by atoms with Crippen molar-refractivity contribution in [2.75, 3.05) is 32.8 Å². The number of likely N-dealkylation sites (tertiary alicyclic amines) is 1. The van der Waals surface area contributed by atoms with Gasteiger partial charge in [-0.05, 0) is 43.5 Å². The number of nitrogens with one attached hydrogen (secondary N) is 1. The molecule has 2 fully saturated rings. The van der Waals surface area contributed by atoms with Crippen LogP contribution in [0.4, 0.5) is 0 Å². The minimum Gasteiger partial charge on any atom is -0.381 e. The van der Waals surface area contributed by atoms with E-state index in [0.717, 1.165) is 50.2 Å². The Bertz CT molecular complexity index is 751. The number of hydrogen-bond acceptors (Lipinski definition) is 4. The Hall–Kier alpha value is -2.41. The molecule has 26 heavy (non-hydrogen) atoms. The summed E-state index contributed by atoms with van der Waals surface area (Å²) in [5.41, 5.74) is 1.46. The molecule has 1 N–H and O–H groups in total. The maximum atomic E-state index is 5.65. The largest absolute Gasteiger partial charge is 0.381 e. The first-order valence-electron chi connectivity index (χ1n) is 9.34. The lowest BCUT2D eigenvalue weighted by Crippen LogP contribution is -2.41. The molecule has 7 heteroatoms. The van der Waals surface area contributed by atoms with E-state index in [0.29, 0.717) is 12.0 Å². The fraction of sp³-hybridized carbons (Fsp3) is 0.526. The monoisotopic (exact) mass is 354 g/mol. The first-order chi connectivity index (χ1) is 12.8. The second kappa shape index (κ2) is 7.45. The molecule has 2 aliphatic heterocycles. The summed E-state index contributed by atoms with van der Waals surface area (Å²) in [6, 6.07) is 5.94. The zero-order valence-electron chi connectivity index (χ0n) is 15.3. The van der Waals surface area contributed by atoms with E-state index in [4.69, 9.17) is 9.73 Å². The number of pyridine rings is 1. The van der Waals surface area contributed by atoms with Gasteiger partial charge in [-0.25, -0.2) is 14.7 Å². The van der Waals surface area contributed by atoms with Gasteiger partial charge >= 0.3 is 0 Å². The predicted molar refractivity (Wildman–Crippen MR) is 100 cm³/mol. The van der Waals surface area contributed by atoms with Gasteiger partial charge in [0.15, 0.2) is 11.8 Å². The Morgan fingerprint density at radius 2 is 2.35 bits per heavy atom. The molecule has 7 nitrogen and oxygen atoms in total. The van der Waals surface area contributed by atoms with Gasteiger partial charge in [-0.3, -0.25) is 0 Å². The van der Waals surface area contributed by atoms with E-state index in [1.165, 1.54) is 12.8 Å². The molecule has 2 saturated heterocycles. The maximum Gasteiger partial charge on any atom is 0.194 e. The van der Waals surface area contributed by atoms with Crippen LogP contribution < -0.4 is 5.32 Å². The second-order valence-corrected chi connectivity index (χ2v) is 7.12. The van der Waals surface area contributed by atoms with Crippen LogP contribution >= 0.6 is 0 Å². The maximum absolute atomic E-state index is 5.65. The molecule has 4 heterocycles. The molecular weight excluding hydrogens is 328 g/mol. The highest BCUT2D eigenvalue weighted by atomic mass is 16.5. The molecule has 1 spiro atoms. The minimum atomic E-state index is 0.333. The van der Waals surface area contributed by atoms with E-state index in [1.807, 2.05) is 30.6 Å². The third-order valence-electron chi connectivity index (χ3n) is 5.22. The highest BCUT2D eigenvalue weighted by Crippen LogP contribution is 2.38. The van der Waals surface area contributed by atoms with Gasteiger partial charge in [0.2, 0.25) is 0 Å². The van der Waals surface area contributed by atoms with Crippen LogP contribution in [-0.4, -0.2) is 58.5 Å². The number of rotatable bonds is 4. The summed E-state index contributed by atoms with van der Waals surface area (Å²) in [5.74, 6) is 1.81. The summed E-state index contributed by atoms with van der Waals surface area (Å²) in [6.45, 7) is 7.47. The first-order valence-corrected chi connectivity index (χ1v) is 9.34. The number of ether oxygens (including phenoxy) is 1. The van der Waals surface area contributed by atoms with Crippen molar-refractivity contribution in [2.45, 2.75) is 26.3 Å². The van der Waals surface area contributed by atoms with E-state index in [2.05, 4.69) is 27.2 Å². The van der Waals surface area contributed by atoms with Crippen LogP contribution in [0.25, 0.3) is 5.82 Å². The third kappa shape index (κ3) is 3.58. The Kier molecular flexibility index (Phi) is 4.88. The second-order valence-electron chi connectivity index (χ2n) is 7.12. The molecule has 1 unspecified atom stereocenters. The summed E-state index contributed by atoms with van der Waals surface area (Å²) >= 11 is 0. The summed E-state index contributed by atoms with van der Waals surface area (Å²) < 4.78 is 7.41. The summed E-state index contributed by atoms with van der Waals surface area (Å²) in [5, 5.41) is 7.69. The average Bonchev–Trinajstić information content (AvgIpc) is 3.43. The smallest absolute Gasteiger partial charge is 0.194 e. The predicted octanol–water partition coefficient (Wildman–Crippen LogP) is 1.85. The lowest BCUT2D eigenvalue weighted by molar-refractivity contribution is 0.156. The van der Waals surface area contributed by atoms with E-state index in [-0.39, 0.29) is 0 Å². The van der Waals surface area contributed by atoms with Crippen LogP contribution in [0, 0.1) is 5.41 Å². The molecule has 4 rings (SSSR count). The number of aromatic nitrogens is 3. The molecule has 2 aromatic rings. The van der Waals surface area contributed by atoms with Crippen molar-refractivity contribution < 1.29 is 4.74 Å². The number of guanidine groups is 1. The van der Waals surface area contributed by atoms with Gasteiger partial charge in [-0.2, -0.15) is 5.10 Å². The summed E-state index contributed by atoms with van der Waals surface area (Å²) in [4.78, 5) is 11.6. The van der Waals surface area contributed by atoms with Crippen LogP contribution in [0.3, 0.4) is 0 Å². The molecule has 0 aliphatic carbocycles. The van der Waals surface area contributed by atoms with Gasteiger partial charge in [-0.1, -0.05) is 0 Å². The normalized spacial score (nSPS) is 23.1. The molecule has 0 bridgehead atoms. The van der Waals surface area contributed by atoms with Crippen molar-refractivity contribution >= 4 is 5.96 Å². The lowest BCUT2D eigenvalue weighted by Gasteiger charge is -2.25. The number of aliphatic imine (C=N–C) groups is 1. The molecule has 2 aromatic heterocycles. The van der Waals surface area contributed by atoms with Crippen LogP contribution in [0.2, 0.25) is 0 Å². The average molecular weight is 354 g/mol. The zero-order chi connectivity index (χ0) is 17.8. The van der Waals surface area contributed by atoms with Gasteiger partial charge in [0.25, 0.3) is 0 Å². The van der Waals surface area contributed by atoms with Crippen molar-refractivity contribution in [1.29, 1.82) is 0 Å². The van der Waals surface area contributed by atoms with Crippen LogP contribution in [0.5, 0.6) is 0 Å². The van der Waals surface area contributed by atoms with Gasteiger partial charge in [0.1, 0.15) is 0 Å². The van der Waals surface area contributed by atoms with E-state index < -0.39 is 0 Å². The standard InChI is InChI=1S/C19H26N6O/c1-2-20-18(24-10-5-19(14-24)6-11-26-15-19)22-13-16-4-8-21-17(12-16)25-9-3-7-23-25/h3-4,7-9,12H,2,5-6,10-11,13-15H2,1H3,(H,20,22). The van der Waals surface area contributed by atoms with Crippen LogP contribution in [0.1, 0.15) is 25.3 Å². The fourth-order valence-corrected chi connectivity index (χ4v) is 3.77. The van der Waals surface area contributed by atoms with Gasteiger partial charge in [-0.15, -0.1) is 0 Å². The van der Waals surface area contributed by atoms with Crippen molar-refractivity contribution in [3.05, 3.63) is 42.4 Å². The fourth-order valence-electron chi connectivity index (χ4n) is 3.77. The Balaban J connectivity index is 1.47.